The number of aryl methyl sites for hydroxylation is 2. The van der Waals surface area contributed by atoms with Crippen molar-refractivity contribution in [2.75, 3.05) is 37.7 Å². The Bertz CT molecular complexity index is 1120. The molecule has 1 aromatic carbocycles. The Kier molecular flexibility index (Phi) is 7.98. The van der Waals surface area contributed by atoms with Gasteiger partial charge in [-0.25, -0.2) is 9.78 Å². The first-order valence-corrected chi connectivity index (χ1v) is 13.7. The molecule has 2 fully saturated rings. The second-order valence-corrected chi connectivity index (χ2v) is 10.8. The van der Waals surface area contributed by atoms with Crippen molar-refractivity contribution in [2.24, 2.45) is 11.8 Å². The van der Waals surface area contributed by atoms with Crippen molar-refractivity contribution in [3.8, 4) is 0 Å². The molecule has 8 nitrogen and oxygen atoms in total. The first-order valence-electron chi connectivity index (χ1n) is 13.3. The Hall–Kier alpha value is -2.68. The summed E-state index contributed by atoms with van der Waals surface area (Å²) in [5.74, 6) is 1.63. The molecular weight excluding hydrogens is 492 g/mol. The van der Waals surface area contributed by atoms with Crippen LogP contribution in [0.25, 0.3) is 0 Å². The lowest BCUT2D eigenvalue weighted by molar-refractivity contribution is -0.143. The molecule has 3 aliphatic rings. The van der Waals surface area contributed by atoms with E-state index in [9.17, 15) is 14.7 Å². The number of nitrogens with one attached hydrogen (secondary N) is 1. The number of piperidine rings is 1. The van der Waals surface area contributed by atoms with E-state index in [-0.39, 0.29) is 12.0 Å². The lowest BCUT2D eigenvalue weighted by Gasteiger charge is -2.26. The second kappa shape index (κ2) is 11.4. The van der Waals surface area contributed by atoms with Crippen LogP contribution < -0.4 is 10.2 Å². The molecule has 1 aliphatic carbocycles. The number of fused-ring (bicyclic) bond motifs is 2. The maximum atomic E-state index is 12.2. The van der Waals surface area contributed by atoms with E-state index in [1.165, 1.54) is 4.90 Å². The average Bonchev–Trinajstić information content (AvgIpc) is 3.31. The minimum Gasteiger partial charge on any atom is -0.466 e. The summed E-state index contributed by atoms with van der Waals surface area (Å²) in [6.45, 7) is 5.84. The van der Waals surface area contributed by atoms with Crippen molar-refractivity contribution in [1.29, 1.82) is 0 Å². The van der Waals surface area contributed by atoms with Gasteiger partial charge in [0, 0.05) is 42.4 Å². The van der Waals surface area contributed by atoms with Crippen LogP contribution in [0.5, 0.6) is 0 Å². The maximum absolute atomic E-state index is 12.2. The Morgan fingerprint density at radius 3 is 2.65 bits per heavy atom. The summed E-state index contributed by atoms with van der Waals surface area (Å²) in [6.07, 6.45) is 2.94. The number of halogens is 1. The van der Waals surface area contributed by atoms with Gasteiger partial charge in [0.25, 0.3) is 0 Å². The predicted octanol–water partition coefficient (Wildman–Crippen LogP) is 4.31. The van der Waals surface area contributed by atoms with Gasteiger partial charge in [-0.15, -0.1) is 0 Å². The fourth-order valence-electron chi connectivity index (χ4n) is 5.92. The van der Waals surface area contributed by atoms with Crippen molar-refractivity contribution in [3.05, 3.63) is 58.2 Å². The molecule has 2 aliphatic heterocycles. The van der Waals surface area contributed by atoms with Crippen LogP contribution in [0.1, 0.15) is 49.0 Å². The molecule has 0 radical (unpaired) electrons. The quantitative estimate of drug-likeness (QED) is 0.445. The zero-order valence-corrected chi connectivity index (χ0v) is 22.0. The summed E-state index contributed by atoms with van der Waals surface area (Å²) in [4.78, 5) is 32.4. The average molecular weight is 527 g/mol. The van der Waals surface area contributed by atoms with Gasteiger partial charge in [0.05, 0.1) is 13.0 Å². The molecule has 1 saturated heterocycles. The molecule has 198 valence electrons. The molecule has 1 amide bonds. The number of likely N-dealkylation sites (tertiary alicyclic amines) is 1. The van der Waals surface area contributed by atoms with Crippen molar-refractivity contribution in [2.45, 2.75) is 51.1 Å². The number of esters is 1. The molecule has 0 bridgehead atoms. The highest BCUT2D eigenvalue weighted by Crippen LogP contribution is 2.46. The van der Waals surface area contributed by atoms with E-state index in [2.05, 4.69) is 10.2 Å². The van der Waals surface area contributed by atoms with Crippen LogP contribution in [-0.2, 0) is 22.4 Å². The Balaban J connectivity index is 1.10. The van der Waals surface area contributed by atoms with Crippen molar-refractivity contribution in [3.63, 3.8) is 0 Å². The summed E-state index contributed by atoms with van der Waals surface area (Å²) in [7, 11) is 0. The van der Waals surface area contributed by atoms with E-state index < -0.39 is 6.09 Å². The normalized spacial score (nSPS) is 23.3. The van der Waals surface area contributed by atoms with Gasteiger partial charge in [0.15, 0.2) is 0 Å². The van der Waals surface area contributed by atoms with E-state index in [0.717, 1.165) is 62.1 Å². The standard InChI is InChI=1S/C28H35ClN4O4/c1-2-37-25(34)15-24(18-7-10-20(29)11-8-18)31-26-22-16-32(17-23(22)26)13-4-6-21-12-9-19-5-3-14-33(28(35)36)27(19)30-21/h7-12,22-24,26,31H,2-6,13-17H2,1H3,(H,35,36)/t22-,23+,24?,26?. The lowest BCUT2D eigenvalue weighted by atomic mass is 10.0. The summed E-state index contributed by atoms with van der Waals surface area (Å²) in [6, 6.07) is 12.1. The van der Waals surface area contributed by atoms with Crippen molar-refractivity contribution >= 4 is 29.5 Å². The molecule has 4 atom stereocenters. The first-order chi connectivity index (χ1) is 17.9. The highest BCUT2D eigenvalue weighted by Gasteiger charge is 2.55. The topological polar surface area (TPSA) is 95.0 Å². The summed E-state index contributed by atoms with van der Waals surface area (Å²) >= 11 is 6.07. The van der Waals surface area contributed by atoms with E-state index in [4.69, 9.17) is 21.3 Å². The van der Waals surface area contributed by atoms with Gasteiger partial charge < -0.3 is 20.1 Å². The number of hydrogen-bond donors (Lipinski definition) is 2. The highest BCUT2D eigenvalue weighted by molar-refractivity contribution is 6.30. The van der Waals surface area contributed by atoms with E-state index >= 15 is 0 Å². The molecular formula is C28H35ClN4O4. The zero-order valence-electron chi connectivity index (χ0n) is 21.2. The molecule has 3 heterocycles. The van der Waals surface area contributed by atoms with Crippen LogP contribution in [0.3, 0.4) is 0 Å². The number of carbonyl (C=O) groups excluding carboxylic acids is 1. The Morgan fingerprint density at radius 1 is 1.19 bits per heavy atom. The van der Waals surface area contributed by atoms with Crippen LogP contribution in [0.2, 0.25) is 5.02 Å². The minimum absolute atomic E-state index is 0.0826. The SMILES string of the molecule is CCOC(=O)CC(NC1[C@H]2CN(CCCc3ccc4c(n3)N(C(=O)O)CCC4)C[C@@H]12)c1ccc(Cl)cc1. The number of pyridine rings is 1. The third kappa shape index (κ3) is 6.08. The van der Waals surface area contributed by atoms with Crippen molar-refractivity contribution < 1.29 is 19.4 Å². The van der Waals surface area contributed by atoms with Gasteiger partial charge in [0.1, 0.15) is 5.82 Å². The molecule has 0 spiro atoms. The molecule has 2 N–H and O–H groups in total. The molecule has 9 heteroatoms. The lowest BCUT2D eigenvalue weighted by Crippen LogP contribution is -2.35. The molecule has 1 aromatic heterocycles. The number of carbonyl (C=O) groups is 2. The van der Waals surface area contributed by atoms with Gasteiger partial charge in [-0.3, -0.25) is 9.69 Å². The van der Waals surface area contributed by atoms with Gasteiger partial charge in [0.2, 0.25) is 0 Å². The fraction of sp³-hybridized carbons (Fsp3) is 0.536. The highest BCUT2D eigenvalue weighted by atomic mass is 35.5. The summed E-state index contributed by atoms with van der Waals surface area (Å²) in [5.41, 5.74) is 3.04. The fourth-order valence-corrected chi connectivity index (χ4v) is 6.04. The van der Waals surface area contributed by atoms with Crippen molar-refractivity contribution in [1.82, 2.24) is 15.2 Å². The molecule has 37 heavy (non-hydrogen) atoms. The van der Waals surface area contributed by atoms with E-state index in [1.807, 2.05) is 43.3 Å². The third-order valence-electron chi connectivity index (χ3n) is 7.85. The van der Waals surface area contributed by atoms with Crippen LogP contribution in [0.15, 0.2) is 36.4 Å². The summed E-state index contributed by atoms with van der Waals surface area (Å²) < 4.78 is 5.21. The van der Waals surface area contributed by atoms with E-state index in [0.29, 0.717) is 48.3 Å². The third-order valence-corrected chi connectivity index (χ3v) is 8.10. The number of aromatic nitrogens is 1. The second-order valence-electron chi connectivity index (χ2n) is 10.3. The molecule has 5 rings (SSSR count). The van der Waals surface area contributed by atoms with Crippen LogP contribution in [0, 0.1) is 11.8 Å². The van der Waals surface area contributed by atoms with Crippen LogP contribution >= 0.6 is 11.6 Å². The molecule has 2 aromatic rings. The van der Waals surface area contributed by atoms with Crippen LogP contribution in [0.4, 0.5) is 10.6 Å². The summed E-state index contributed by atoms with van der Waals surface area (Å²) in [5, 5.41) is 13.9. The van der Waals surface area contributed by atoms with Gasteiger partial charge in [-0.2, -0.15) is 0 Å². The number of rotatable bonds is 10. The van der Waals surface area contributed by atoms with Crippen LogP contribution in [-0.4, -0.2) is 65.9 Å². The first kappa shape index (κ1) is 25.9. The number of nitrogens with zero attached hydrogens (tertiary/aromatic N) is 3. The Labute approximate surface area is 222 Å². The number of anilines is 1. The van der Waals surface area contributed by atoms with Gasteiger partial charge >= 0.3 is 12.1 Å². The van der Waals surface area contributed by atoms with Gasteiger partial charge in [-0.1, -0.05) is 29.8 Å². The number of carboxylic acid groups (broad SMARTS) is 1. The monoisotopic (exact) mass is 526 g/mol. The number of benzene rings is 1. The largest absolute Gasteiger partial charge is 0.466 e. The smallest absolute Gasteiger partial charge is 0.413 e. The van der Waals surface area contributed by atoms with E-state index in [1.54, 1.807) is 0 Å². The molecule has 2 unspecified atom stereocenters. The Morgan fingerprint density at radius 2 is 1.95 bits per heavy atom. The number of hydrogen-bond acceptors (Lipinski definition) is 6. The minimum atomic E-state index is -0.925. The molecule has 1 saturated carbocycles. The maximum Gasteiger partial charge on any atom is 0.413 e. The number of amides is 1. The van der Waals surface area contributed by atoms with Gasteiger partial charge in [-0.05, 0) is 80.3 Å². The predicted molar refractivity (Wildman–Crippen MR) is 142 cm³/mol. The zero-order chi connectivity index (χ0) is 25.9. The number of ether oxygens (including phenoxy) is 1.